The fourth-order valence-electron chi connectivity index (χ4n) is 3.05. The number of pyridine rings is 1. The van der Waals surface area contributed by atoms with Gasteiger partial charge in [0, 0.05) is 52.0 Å². The van der Waals surface area contributed by atoms with E-state index in [2.05, 4.69) is 34.4 Å². The van der Waals surface area contributed by atoms with E-state index in [1.54, 1.807) is 19.0 Å². The molecular formula is C21H37IN6O2. The third kappa shape index (κ3) is 9.46. The average Bonchev–Trinajstić information content (AvgIpc) is 2.72. The number of nitrogens with one attached hydrogen (secondary N) is 2. The van der Waals surface area contributed by atoms with Crippen molar-refractivity contribution in [1.82, 2.24) is 25.4 Å². The van der Waals surface area contributed by atoms with Crippen molar-refractivity contribution in [2.75, 3.05) is 46.9 Å². The van der Waals surface area contributed by atoms with E-state index in [1.165, 1.54) is 0 Å². The van der Waals surface area contributed by atoms with Crippen LogP contribution in [0.2, 0.25) is 0 Å². The lowest BCUT2D eigenvalue weighted by Gasteiger charge is -2.33. The first-order valence-corrected chi connectivity index (χ1v) is 10.6. The summed E-state index contributed by atoms with van der Waals surface area (Å²) < 4.78 is 5.52. The molecule has 0 saturated carbocycles. The molecule has 1 fully saturated rings. The fourth-order valence-corrected chi connectivity index (χ4v) is 3.05. The van der Waals surface area contributed by atoms with Gasteiger partial charge < -0.3 is 20.3 Å². The molecule has 0 radical (unpaired) electrons. The lowest BCUT2D eigenvalue weighted by atomic mass is 10.1. The van der Waals surface area contributed by atoms with Crippen molar-refractivity contribution in [2.24, 2.45) is 4.99 Å². The topological polar surface area (TPSA) is 82.1 Å². The van der Waals surface area contributed by atoms with E-state index in [4.69, 9.17) is 9.73 Å². The first-order chi connectivity index (χ1) is 14.0. The van der Waals surface area contributed by atoms with Gasteiger partial charge in [-0.1, -0.05) is 13.0 Å². The van der Waals surface area contributed by atoms with E-state index in [-0.39, 0.29) is 29.9 Å². The highest BCUT2D eigenvalue weighted by Crippen LogP contribution is 2.11. The smallest absolute Gasteiger partial charge is 0.236 e. The molecule has 2 N–H and O–H groups in total. The number of nitrogens with zero attached hydrogens (tertiary/aromatic N) is 4. The molecule has 0 aliphatic carbocycles. The molecule has 170 valence electrons. The van der Waals surface area contributed by atoms with Crippen LogP contribution < -0.4 is 15.4 Å². The lowest BCUT2D eigenvalue weighted by molar-refractivity contribution is -0.130. The first-order valence-electron chi connectivity index (χ1n) is 10.6. The molecule has 1 aromatic heterocycles. The molecule has 1 aliphatic heterocycles. The molecule has 0 aromatic carbocycles. The highest BCUT2D eigenvalue weighted by molar-refractivity contribution is 14.0. The molecule has 1 saturated heterocycles. The van der Waals surface area contributed by atoms with Crippen LogP contribution in [0.1, 0.15) is 38.7 Å². The molecule has 30 heavy (non-hydrogen) atoms. The van der Waals surface area contributed by atoms with Crippen molar-refractivity contribution >= 4 is 35.8 Å². The maximum absolute atomic E-state index is 11.9. The number of guanidine groups is 1. The second-order valence-corrected chi connectivity index (χ2v) is 7.53. The van der Waals surface area contributed by atoms with Crippen LogP contribution in [0, 0.1) is 0 Å². The number of halogens is 1. The van der Waals surface area contributed by atoms with Gasteiger partial charge in [-0.15, -0.1) is 24.0 Å². The van der Waals surface area contributed by atoms with Gasteiger partial charge in [0.15, 0.2) is 5.96 Å². The molecular weight excluding hydrogens is 495 g/mol. The van der Waals surface area contributed by atoms with Crippen molar-refractivity contribution in [3.63, 3.8) is 0 Å². The lowest BCUT2D eigenvalue weighted by Crippen LogP contribution is -2.50. The maximum atomic E-state index is 11.9. The molecule has 1 aromatic rings. The quantitative estimate of drug-likeness (QED) is 0.288. The minimum absolute atomic E-state index is 0. The SMILES string of the molecule is CCCOc1ccc(CN=C(NCC)NC2CCN(CC(=O)N(C)C)CC2)cn1.I. The number of rotatable bonds is 9. The number of amides is 1. The van der Waals surface area contributed by atoms with Crippen LogP contribution in [0.15, 0.2) is 23.3 Å². The van der Waals surface area contributed by atoms with Crippen molar-refractivity contribution in [1.29, 1.82) is 0 Å². The molecule has 1 aliphatic rings. The third-order valence-electron chi connectivity index (χ3n) is 4.80. The minimum atomic E-state index is 0. The Hall–Kier alpha value is -1.62. The van der Waals surface area contributed by atoms with Crippen molar-refractivity contribution in [3.05, 3.63) is 23.9 Å². The van der Waals surface area contributed by atoms with Crippen molar-refractivity contribution < 1.29 is 9.53 Å². The Morgan fingerprint density at radius 3 is 2.60 bits per heavy atom. The summed E-state index contributed by atoms with van der Waals surface area (Å²) in [6.07, 6.45) is 4.78. The molecule has 9 heteroatoms. The highest BCUT2D eigenvalue weighted by Gasteiger charge is 2.22. The Morgan fingerprint density at radius 1 is 1.30 bits per heavy atom. The van der Waals surface area contributed by atoms with Crippen molar-refractivity contribution in [2.45, 2.75) is 45.7 Å². The second-order valence-electron chi connectivity index (χ2n) is 7.53. The number of aliphatic imine (C=N–C) groups is 1. The number of hydrogen-bond donors (Lipinski definition) is 2. The molecule has 0 spiro atoms. The Balaban J connectivity index is 0.00000450. The van der Waals surface area contributed by atoms with Crippen LogP contribution in [0.5, 0.6) is 5.88 Å². The van der Waals surface area contributed by atoms with Crippen LogP contribution in [-0.2, 0) is 11.3 Å². The van der Waals surface area contributed by atoms with Crippen LogP contribution in [0.3, 0.4) is 0 Å². The molecule has 1 amide bonds. The maximum Gasteiger partial charge on any atom is 0.236 e. The van der Waals surface area contributed by atoms with Crippen molar-refractivity contribution in [3.8, 4) is 5.88 Å². The number of ether oxygens (including phenoxy) is 1. The summed E-state index contributed by atoms with van der Waals surface area (Å²) in [4.78, 5) is 24.8. The molecule has 8 nitrogen and oxygen atoms in total. The highest BCUT2D eigenvalue weighted by atomic mass is 127. The molecule has 0 atom stereocenters. The van der Waals surface area contributed by atoms with Crippen LogP contribution in [0.4, 0.5) is 0 Å². The second kappa shape index (κ2) is 14.4. The first kappa shape index (κ1) is 26.4. The number of carbonyl (C=O) groups is 1. The van der Waals surface area contributed by atoms with Crippen LogP contribution in [0.25, 0.3) is 0 Å². The molecule has 2 rings (SSSR count). The number of likely N-dealkylation sites (tertiary alicyclic amines) is 1. The molecule has 0 unspecified atom stereocenters. The van der Waals surface area contributed by atoms with Gasteiger partial charge in [0.25, 0.3) is 0 Å². The molecule has 0 bridgehead atoms. The van der Waals surface area contributed by atoms with Gasteiger partial charge in [0.05, 0.1) is 19.7 Å². The predicted octanol–water partition coefficient (Wildman–Crippen LogP) is 2.10. The van der Waals surface area contributed by atoms with E-state index in [1.807, 2.05) is 18.3 Å². The summed E-state index contributed by atoms with van der Waals surface area (Å²) >= 11 is 0. The van der Waals surface area contributed by atoms with E-state index < -0.39 is 0 Å². The van der Waals surface area contributed by atoms with Gasteiger partial charge in [-0.2, -0.15) is 0 Å². The van der Waals surface area contributed by atoms with E-state index in [0.29, 0.717) is 31.6 Å². The average molecular weight is 532 g/mol. The van der Waals surface area contributed by atoms with Gasteiger partial charge in [-0.25, -0.2) is 9.98 Å². The van der Waals surface area contributed by atoms with Gasteiger partial charge in [-0.3, -0.25) is 9.69 Å². The zero-order valence-electron chi connectivity index (χ0n) is 18.7. The van der Waals surface area contributed by atoms with E-state index in [0.717, 1.165) is 50.4 Å². The normalized spacial score (nSPS) is 15.3. The van der Waals surface area contributed by atoms with E-state index in [9.17, 15) is 4.79 Å². The number of piperidine rings is 1. The number of carbonyl (C=O) groups excluding carboxylic acids is 1. The summed E-state index contributed by atoms with van der Waals surface area (Å²) in [7, 11) is 3.61. The number of likely N-dealkylation sites (N-methyl/N-ethyl adjacent to an activating group) is 1. The zero-order valence-corrected chi connectivity index (χ0v) is 21.0. The Bertz CT molecular complexity index is 645. The summed E-state index contributed by atoms with van der Waals surface area (Å²) in [6, 6.07) is 4.26. The summed E-state index contributed by atoms with van der Waals surface area (Å²) in [5.41, 5.74) is 1.04. The largest absolute Gasteiger partial charge is 0.478 e. The summed E-state index contributed by atoms with van der Waals surface area (Å²) in [5.74, 6) is 1.64. The minimum Gasteiger partial charge on any atom is -0.478 e. The van der Waals surface area contributed by atoms with Gasteiger partial charge in [-0.05, 0) is 31.7 Å². The van der Waals surface area contributed by atoms with Gasteiger partial charge >= 0.3 is 0 Å². The Labute approximate surface area is 197 Å². The summed E-state index contributed by atoms with van der Waals surface area (Å²) in [5, 5.41) is 6.85. The van der Waals surface area contributed by atoms with E-state index >= 15 is 0 Å². The third-order valence-corrected chi connectivity index (χ3v) is 4.80. The predicted molar refractivity (Wildman–Crippen MR) is 132 cm³/mol. The van der Waals surface area contributed by atoms with Crippen LogP contribution >= 0.6 is 24.0 Å². The zero-order chi connectivity index (χ0) is 21.1. The van der Waals surface area contributed by atoms with Crippen LogP contribution in [-0.4, -0.2) is 79.6 Å². The molecule has 2 heterocycles. The standard InChI is InChI=1S/C21H36N6O2.HI/c1-5-13-29-19-8-7-17(14-23-19)15-24-21(22-6-2)25-18-9-11-27(12-10-18)16-20(28)26(3)4;/h7-8,14,18H,5-6,9-13,15-16H2,1-4H3,(H2,22,24,25);1H. The number of aromatic nitrogens is 1. The number of hydrogen-bond acceptors (Lipinski definition) is 5. The Morgan fingerprint density at radius 2 is 2.03 bits per heavy atom. The van der Waals surface area contributed by atoms with Gasteiger partial charge in [0.1, 0.15) is 0 Å². The Kier molecular flexibility index (Phi) is 12.7. The summed E-state index contributed by atoms with van der Waals surface area (Å²) in [6.45, 7) is 8.52. The van der Waals surface area contributed by atoms with Gasteiger partial charge in [0.2, 0.25) is 11.8 Å². The monoisotopic (exact) mass is 532 g/mol. The fraction of sp³-hybridized carbons (Fsp3) is 0.667.